The minimum Gasteiger partial charge on any atom is -0.458 e. The van der Waals surface area contributed by atoms with E-state index in [9.17, 15) is 18.4 Å². The van der Waals surface area contributed by atoms with Crippen molar-refractivity contribution in [3.05, 3.63) is 71.2 Å². The zero-order valence-electron chi connectivity index (χ0n) is 15.9. The summed E-state index contributed by atoms with van der Waals surface area (Å²) in [6.07, 6.45) is 0. The maximum Gasteiger partial charge on any atom is 0.319 e. The average molecular weight is 449 g/mol. The van der Waals surface area contributed by atoms with Crippen LogP contribution in [0.2, 0.25) is 0 Å². The number of halogens is 2. The van der Waals surface area contributed by atoms with Gasteiger partial charge in [0.05, 0.1) is 11.4 Å². The number of carbonyl (C=O) groups is 2. The molecule has 2 aromatic carbocycles. The zero-order valence-corrected chi connectivity index (χ0v) is 17.6. The van der Waals surface area contributed by atoms with Crippen LogP contribution in [-0.4, -0.2) is 27.9 Å². The minimum atomic E-state index is -0.542. The third-order valence-corrected chi connectivity index (χ3v) is 5.99. The van der Waals surface area contributed by atoms with Crippen LogP contribution in [0.3, 0.4) is 0 Å². The lowest BCUT2D eigenvalue weighted by Crippen LogP contribution is -2.21. The molecule has 1 unspecified atom stereocenters. The molecule has 1 amide bonds. The van der Waals surface area contributed by atoms with E-state index >= 15 is 0 Å². The summed E-state index contributed by atoms with van der Waals surface area (Å²) in [5, 5.41) is 4.58. The number of nitrogens with one attached hydrogen (secondary N) is 1. The second-order valence-corrected chi connectivity index (χ2v) is 8.45. The van der Waals surface area contributed by atoms with E-state index in [1.54, 1.807) is 24.4 Å². The maximum atomic E-state index is 13.0. The minimum absolute atomic E-state index is 0.0171. The van der Waals surface area contributed by atoms with Crippen molar-refractivity contribution < 1.29 is 23.1 Å². The van der Waals surface area contributed by atoms with Gasteiger partial charge in [-0.1, -0.05) is 0 Å². The fraction of sp³-hybridized carbons (Fsp3) is 0.190. The van der Waals surface area contributed by atoms with Crippen molar-refractivity contribution in [2.75, 3.05) is 11.1 Å². The number of hydrogen-bond donors (Lipinski definition) is 1. The molecule has 1 heterocycles. The average Bonchev–Trinajstić information content (AvgIpc) is 3.21. The Hall–Kier alpha value is -2.78. The molecule has 0 saturated heterocycles. The summed E-state index contributed by atoms with van der Waals surface area (Å²) < 4.78 is 31.2. The Bertz CT molecular complexity index is 1010. The van der Waals surface area contributed by atoms with Crippen molar-refractivity contribution in [2.45, 2.75) is 18.8 Å². The number of ether oxygens (including phenoxy) is 1. The number of hydrogen-bond acceptors (Lipinski definition) is 6. The first-order chi connectivity index (χ1) is 14.4. The maximum absolute atomic E-state index is 13.0. The first kappa shape index (κ1) is 21.9. The van der Waals surface area contributed by atoms with Crippen LogP contribution >= 0.6 is 23.1 Å². The number of esters is 1. The Labute approximate surface area is 180 Å². The Morgan fingerprint density at radius 2 is 1.73 bits per heavy atom. The van der Waals surface area contributed by atoms with Gasteiger partial charge in [0.25, 0.3) is 0 Å². The molecule has 0 bridgehead atoms. The van der Waals surface area contributed by atoms with Crippen LogP contribution in [0.5, 0.6) is 0 Å². The van der Waals surface area contributed by atoms with E-state index in [0.717, 1.165) is 17.3 Å². The van der Waals surface area contributed by atoms with Gasteiger partial charge in [0, 0.05) is 16.6 Å². The molecule has 9 heteroatoms. The van der Waals surface area contributed by atoms with E-state index < -0.39 is 11.2 Å². The van der Waals surface area contributed by atoms with Gasteiger partial charge in [-0.3, -0.25) is 9.59 Å². The number of benzene rings is 2. The predicted molar refractivity (Wildman–Crippen MR) is 114 cm³/mol. The second kappa shape index (κ2) is 10.3. The zero-order chi connectivity index (χ0) is 21.5. The third-order valence-electron chi connectivity index (χ3n) is 3.93. The Morgan fingerprint density at radius 1 is 1.10 bits per heavy atom. The molecule has 0 spiro atoms. The van der Waals surface area contributed by atoms with Gasteiger partial charge in [-0.15, -0.1) is 23.1 Å². The molecule has 30 heavy (non-hydrogen) atoms. The number of anilines is 1. The molecule has 156 valence electrons. The van der Waals surface area contributed by atoms with E-state index in [2.05, 4.69) is 10.3 Å². The molecule has 0 aliphatic carbocycles. The highest BCUT2D eigenvalue weighted by atomic mass is 32.2. The van der Waals surface area contributed by atoms with Crippen LogP contribution in [0.4, 0.5) is 14.5 Å². The molecule has 3 rings (SSSR count). The van der Waals surface area contributed by atoms with Crippen LogP contribution < -0.4 is 5.32 Å². The molecular weight excluding hydrogens is 430 g/mol. The standard InChI is InChI=1S/C21H18F2N2O3S2/c1-13(29-12-19(26)24-17-8-6-16(23)7-9-17)21(27)28-10-18-11-30-20(25-18)14-2-4-15(22)5-3-14/h2-9,11,13H,10,12H2,1H3,(H,24,26). The van der Waals surface area contributed by atoms with Crippen molar-refractivity contribution in [3.8, 4) is 10.6 Å². The first-order valence-electron chi connectivity index (χ1n) is 8.94. The molecule has 0 fully saturated rings. The van der Waals surface area contributed by atoms with Gasteiger partial charge in [-0.25, -0.2) is 13.8 Å². The monoisotopic (exact) mass is 448 g/mol. The van der Waals surface area contributed by atoms with E-state index in [-0.39, 0.29) is 29.9 Å². The fourth-order valence-electron chi connectivity index (χ4n) is 2.36. The normalized spacial score (nSPS) is 11.7. The number of aromatic nitrogens is 1. The summed E-state index contributed by atoms with van der Waals surface area (Å²) >= 11 is 2.52. The molecule has 1 aromatic heterocycles. The summed E-state index contributed by atoms with van der Waals surface area (Å²) in [5.41, 5.74) is 1.87. The van der Waals surface area contributed by atoms with Crippen LogP contribution in [0.15, 0.2) is 53.9 Å². The van der Waals surface area contributed by atoms with Crippen molar-refractivity contribution >= 4 is 40.7 Å². The van der Waals surface area contributed by atoms with Crippen molar-refractivity contribution in [3.63, 3.8) is 0 Å². The highest BCUT2D eigenvalue weighted by Gasteiger charge is 2.17. The molecule has 0 saturated carbocycles. The molecular formula is C21H18F2N2O3S2. The Morgan fingerprint density at radius 3 is 2.40 bits per heavy atom. The molecule has 0 aliphatic heterocycles. The topological polar surface area (TPSA) is 68.3 Å². The lowest BCUT2D eigenvalue weighted by atomic mass is 10.2. The molecule has 3 aromatic rings. The van der Waals surface area contributed by atoms with Gasteiger partial charge < -0.3 is 10.1 Å². The van der Waals surface area contributed by atoms with E-state index in [1.807, 2.05) is 0 Å². The largest absolute Gasteiger partial charge is 0.458 e. The highest BCUT2D eigenvalue weighted by molar-refractivity contribution is 8.01. The van der Waals surface area contributed by atoms with Gasteiger partial charge >= 0.3 is 5.97 Å². The number of rotatable bonds is 8. The van der Waals surface area contributed by atoms with Gasteiger partial charge in [-0.05, 0) is 55.5 Å². The van der Waals surface area contributed by atoms with E-state index in [4.69, 9.17) is 4.74 Å². The lowest BCUT2D eigenvalue weighted by molar-refractivity contribution is -0.144. The smallest absolute Gasteiger partial charge is 0.319 e. The van der Waals surface area contributed by atoms with Gasteiger partial charge in [-0.2, -0.15) is 0 Å². The van der Waals surface area contributed by atoms with Gasteiger partial charge in [0.15, 0.2) is 0 Å². The number of amides is 1. The highest BCUT2D eigenvalue weighted by Crippen LogP contribution is 2.24. The quantitative estimate of drug-likeness (QED) is 0.497. The summed E-state index contributed by atoms with van der Waals surface area (Å²) in [6.45, 7) is 1.67. The van der Waals surface area contributed by atoms with Crippen LogP contribution in [-0.2, 0) is 20.9 Å². The van der Waals surface area contributed by atoms with Crippen LogP contribution in [0, 0.1) is 11.6 Å². The molecule has 5 nitrogen and oxygen atoms in total. The van der Waals surface area contributed by atoms with Gasteiger partial charge in [0.2, 0.25) is 5.91 Å². The second-order valence-electron chi connectivity index (χ2n) is 6.27. The Balaban J connectivity index is 1.42. The van der Waals surface area contributed by atoms with Gasteiger partial charge in [0.1, 0.15) is 28.5 Å². The van der Waals surface area contributed by atoms with Crippen molar-refractivity contribution in [1.82, 2.24) is 4.98 Å². The summed E-state index contributed by atoms with van der Waals surface area (Å²) in [7, 11) is 0. The third kappa shape index (κ3) is 6.36. The first-order valence-corrected chi connectivity index (χ1v) is 10.9. The van der Waals surface area contributed by atoms with Crippen LogP contribution in [0.25, 0.3) is 10.6 Å². The van der Waals surface area contributed by atoms with Crippen LogP contribution in [0.1, 0.15) is 12.6 Å². The molecule has 1 atom stereocenters. The van der Waals surface area contributed by atoms with E-state index in [1.165, 1.54) is 47.7 Å². The van der Waals surface area contributed by atoms with E-state index in [0.29, 0.717) is 16.4 Å². The SMILES string of the molecule is CC(SCC(=O)Nc1ccc(F)cc1)C(=O)OCc1csc(-c2ccc(F)cc2)n1. The molecule has 0 aliphatic rings. The van der Waals surface area contributed by atoms with Crippen molar-refractivity contribution in [2.24, 2.45) is 0 Å². The predicted octanol–water partition coefficient (Wildman–Crippen LogP) is 4.89. The number of thioether (sulfide) groups is 1. The molecule has 0 radical (unpaired) electrons. The Kier molecular flexibility index (Phi) is 7.53. The summed E-state index contributed by atoms with van der Waals surface area (Å²) in [6, 6.07) is 11.4. The number of carbonyl (C=O) groups excluding carboxylic acids is 2. The number of thiazole rings is 1. The lowest BCUT2D eigenvalue weighted by Gasteiger charge is -2.11. The summed E-state index contributed by atoms with van der Waals surface area (Å²) in [5.74, 6) is -1.40. The molecule has 1 N–H and O–H groups in total. The summed E-state index contributed by atoms with van der Waals surface area (Å²) in [4.78, 5) is 28.5. The fourth-order valence-corrected chi connectivity index (χ4v) is 3.85. The number of nitrogens with zero attached hydrogens (tertiary/aromatic N) is 1. The van der Waals surface area contributed by atoms with Crippen molar-refractivity contribution in [1.29, 1.82) is 0 Å².